The van der Waals surface area contributed by atoms with Crippen LogP contribution in [0.25, 0.3) is 12.2 Å². The zero-order valence-electron chi connectivity index (χ0n) is 40.2. The van der Waals surface area contributed by atoms with Gasteiger partial charge >= 0.3 is 177 Å². The van der Waals surface area contributed by atoms with Crippen LogP contribution in [0.1, 0.15) is 24.0 Å². The van der Waals surface area contributed by atoms with Gasteiger partial charge in [0.25, 0.3) is 0 Å². The number of carboxylic acids is 4. The number of hydrogen-bond acceptors (Lipinski definition) is 26. The molecule has 2 unspecified atom stereocenters. The van der Waals surface area contributed by atoms with E-state index in [4.69, 9.17) is 0 Å². The molecule has 26 nitrogen and oxygen atoms in total. The number of anilines is 10. The van der Waals surface area contributed by atoms with Gasteiger partial charge in [0.2, 0.25) is 35.7 Å². The van der Waals surface area contributed by atoms with Crippen molar-refractivity contribution in [1.82, 2.24) is 29.9 Å². The monoisotopic (exact) mass is 1100 g/mol. The number of nitrogens with zero attached hydrogens (tertiary/aromatic N) is 6. The van der Waals surface area contributed by atoms with Crippen molar-refractivity contribution < 1.29 is 243 Å². The molecule has 0 saturated carbocycles. The summed E-state index contributed by atoms with van der Waals surface area (Å²) in [5.41, 5.74) is 0.0756. The minimum Gasteiger partial charge on any atom is -0.744 e. The van der Waals surface area contributed by atoms with Crippen molar-refractivity contribution in [1.29, 1.82) is 0 Å². The molecule has 0 amide bonds. The normalized spacial score (nSPS) is 11.3. The van der Waals surface area contributed by atoms with Crippen LogP contribution in [0.5, 0.6) is 0 Å². The molecule has 352 valence electrons. The molecule has 0 aliphatic heterocycles. The Balaban J connectivity index is 0.00000888. The molecule has 0 fully saturated rings. The van der Waals surface area contributed by atoms with Crippen LogP contribution >= 0.6 is 0 Å². The number of carboxylic acid groups (broad SMARTS) is 4. The molecule has 74 heavy (non-hydrogen) atoms. The summed E-state index contributed by atoms with van der Waals surface area (Å²) in [6.45, 7) is 0. The first-order chi connectivity index (χ1) is 32.2. The number of benzene rings is 4. The molecule has 6 N–H and O–H groups in total. The van der Waals surface area contributed by atoms with Crippen LogP contribution in [-0.2, 0) is 39.4 Å². The van der Waals surface area contributed by atoms with Crippen molar-refractivity contribution in [3.8, 4) is 0 Å². The zero-order chi connectivity index (χ0) is 49.2. The predicted molar refractivity (Wildman–Crippen MR) is 227 cm³/mol. The minimum atomic E-state index is -5.31. The van der Waals surface area contributed by atoms with Crippen molar-refractivity contribution >= 4 is 115 Å². The van der Waals surface area contributed by atoms with Crippen molar-refractivity contribution in [2.75, 3.05) is 31.9 Å². The van der Waals surface area contributed by atoms with Crippen LogP contribution in [0.3, 0.4) is 0 Å². The fourth-order valence-corrected chi connectivity index (χ4v) is 7.20. The van der Waals surface area contributed by atoms with E-state index in [0.717, 1.165) is 36.4 Å². The van der Waals surface area contributed by atoms with E-state index in [1.807, 2.05) is 0 Å². The average Bonchev–Trinajstić information content (AvgIpc) is 3.25. The van der Waals surface area contributed by atoms with Crippen molar-refractivity contribution in [3.05, 3.63) is 108 Å². The summed E-state index contributed by atoms with van der Waals surface area (Å²) in [7, 11) is -10.6. The van der Waals surface area contributed by atoms with Gasteiger partial charge in [-0.25, -0.2) is 16.8 Å². The number of hydrogen-bond donors (Lipinski definition) is 6. The Morgan fingerprint density at radius 2 is 0.716 bits per heavy atom. The summed E-state index contributed by atoms with van der Waals surface area (Å²) in [6.07, 6.45) is -0.0198. The van der Waals surface area contributed by atoms with E-state index in [1.54, 1.807) is 60.7 Å². The second-order valence-electron chi connectivity index (χ2n) is 13.8. The number of aromatic nitrogens is 6. The molecule has 2 heterocycles. The number of nitrogens with one attached hydrogen (secondary N) is 6. The molecule has 2 aromatic heterocycles. The molecule has 6 rings (SSSR count). The molecule has 0 radical (unpaired) electrons. The Labute approximate surface area is 554 Å². The second-order valence-corrected chi connectivity index (χ2v) is 16.5. The largest absolute Gasteiger partial charge is 1.00 e. The third-order valence-corrected chi connectivity index (χ3v) is 10.6. The number of aliphatic carboxylic acids is 4. The van der Waals surface area contributed by atoms with Crippen LogP contribution < -0.4 is 230 Å². The van der Waals surface area contributed by atoms with E-state index in [9.17, 15) is 65.5 Å². The topological polar surface area (TPSA) is 424 Å². The summed E-state index contributed by atoms with van der Waals surface area (Å²) < 4.78 is 75.3. The third-order valence-electron chi connectivity index (χ3n) is 8.77. The summed E-state index contributed by atoms with van der Waals surface area (Å²) in [5.74, 6) is -9.23. The summed E-state index contributed by atoms with van der Waals surface area (Å²) in [4.78, 5) is 68.4. The molecule has 0 aliphatic carbocycles. The van der Waals surface area contributed by atoms with E-state index in [-0.39, 0.29) is 224 Å². The maximum Gasteiger partial charge on any atom is 1.00 e. The quantitative estimate of drug-likeness (QED) is 0.0209. The van der Waals surface area contributed by atoms with Gasteiger partial charge in [-0.05, 0) is 59.7 Å². The molecule has 6 aromatic rings. The van der Waals surface area contributed by atoms with Crippen LogP contribution in [-0.4, -0.2) is 91.8 Å². The van der Waals surface area contributed by atoms with Crippen molar-refractivity contribution in [2.24, 2.45) is 0 Å². The van der Waals surface area contributed by atoms with Crippen molar-refractivity contribution in [3.63, 3.8) is 0 Å². The number of carbonyl (C=O) groups is 4. The Bertz CT molecular complexity index is 2950. The molecule has 0 spiro atoms. The van der Waals surface area contributed by atoms with Gasteiger partial charge in [-0.2, -0.15) is 29.9 Å². The molecule has 0 aliphatic rings. The number of para-hydroxylation sites is 2. The minimum absolute atomic E-state index is 0. The van der Waals surface area contributed by atoms with Crippen LogP contribution in [0, 0.1) is 0 Å². The fraction of sp³-hybridized carbons (Fsp3) is 0.100. The second kappa shape index (κ2) is 32.8. The van der Waals surface area contributed by atoms with Gasteiger partial charge in [0.1, 0.15) is 20.2 Å². The van der Waals surface area contributed by atoms with E-state index in [0.29, 0.717) is 11.4 Å². The van der Waals surface area contributed by atoms with E-state index in [2.05, 4.69) is 61.8 Å². The maximum atomic E-state index is 12.6. The smallest absolute Gasteiger partial charge is 0.744 e. The van der Waals surface area contributed by atoms with Gasteiger partial charge < -0.3 is 80.6 Å². The van der Waals surface area contributed by atoms with Crippen LogP contribution in [0.4, 0.5) is 58.4 Å². The average molecular weight is 1100 g/mol. The zero-order valence-corrected chi connectivity index (χ0v) is 53.8. The Kier molecular flexibility index (Phi) is 31.5. The Hall–Kier alpha value is -2.86. The molecule has 0 bridgehead atoms. The number of carbonyl (C=O) groups excluding carboxylic acids is 4. The molecule has 2 atom stereocenters. The van der Waals surface area contributed by atoms with Crippen molar-refractivity contribution in [2.45, 2.75) is 34.7 Å². The summed E-state index contributed by atoms with van der Waals surface area (Å²) in [6, 6.07) is 19.4. The maximum absolute atomic E-state index is 12.6. The first kappa shape index (κ1) is 71.1. The first-order valence-corrected chi connectivity index (χ1v) is 21.9. The number of rotatable bonds is 22. The standard InChI is InChI=1S/C40H36N12O14S2.6Na/c53-31(54)19-27(33(57)58)45-39-49-35(41-23-7-3-1-4-8-23)47-37(51-39)43-25-15-13-21(29(17-25)67(61,62)63)11-12-22-14-16-26(18-30(22)68(64,65)66)44-38-48-36(42-24-9-5-2-6-10-24)50-40(52-38)46-28(34(59)60)20-32(55)56;;;;;;/h1-18,27-28H,19-20H2,(H,53,54)(H,55,56)(H,57,58)(H,59,60)(H,61,62,63)(H,64,65,66)(H3,41,43,45,47,49,51)(H3,42,44,46,48,50,52);;;;;;/q;6*+1/p-6/b12-11+;;;;;;. The van der Waals surface area contributed by atoms with E-state index < -0.39 is 90.7 Å². The molecular formula is C40H30N12Na6O14S2. The molecule has 34 heteroatoms. The molecular weight excluding hydrogens is 1070 g/mol. The Morgan fingerprint density at radius 1 is 0.432 bits per heavy atom. The van der Waals surface area contributed by atoms with Gasteiger partial charge in [0.15, 0.2) is 0 Å². The van der Waals surface area contributed by atoms with Gasteiger partial charge in [0, 0.05) is 47.5 Å². The molecule has 4 aromatic carbocycles. The fourth-order valence-electron chi connectivity index (χ4n) is 5.81. The SMILES string of the molecule is O=C([O-])CC(Nc1nc(Nc2ccccc2)nc(Nc2ccc(/C=C/c3ccc(Nc4nc(Nc5ccccc5)nc(NC(CC(=O)[O-])C(=O)[O-])n4)cc3S(=O)(=O)[O-])c(S(=O)(=O)[O-])c2)n1)C(=O)[O-].[Na+].[Na+].[Na+].[Na+].[Na+].[Na+]. The Morgan fingerprint density at radius 3 is 0.986 bits per heavy atom. The van der Waals surface area contributed by atoms with Gasteiger partial charge in [-0.1, -0.05) is 60.7 Å². The van der Waals surface area contributed by atoms with E-state index in [1.165, 1.54) is 12.1 Å². The third kappa shape index (κ3) is 22.2. The van der Waals surface area contributed by atoms with E-state index >= 15 is 0 Å². The first-order valence-electron chi connectivity index (χ1n) is 19.1. The molecule has 0 saturated heterocycles. The van der Waals surface area contributed by atoms with Gasteiger partial charge in [0.05, 0.1) is 33.8 Å². The van der Waals surface area contributed by atoms with Crippen LogP contribution in [0.15, 0.2) is 107 Å². The summed E-state index contributed by atoms with van der Waals surface area (Å²) in [5, 5.41) is 61.2. The van der Waals surface area contributed by atoms with Gasteiger partial charge in [-0.3, -0.25) is 0 Å². The van der Waals surface area contributed by atoms with Crippen LogP contribution in [0.2, 0.25) is 0 Å². The predicted octanol–water partition coefficient (Wildman–Crippen LogP) is -19.6. The van der Waals surface area contributed by atoms with Gasteiger partial charge in [-0.15, -0.1) is 0 Å². The summed E-state index contributed by atoms with van der Waals surface area (Å²) >= 11 is 0.